The zero-order valence-electron chi connectivity index (χ0n) is 14.3. The van der Waals surface area contributed by atoms with Crippen LogP contribution >= 0.6 is 0 Å². The summed E-state index contributed by atoms with van der Waals surface area (Å²) in [6, 6.07) is 4.08. The van der Waals surface area contributed by atoms with Crippen molar-refractivity contribution in [3.63, 3.8) is 0 Å². The molecule has 2 rings (SSSR count). The lowest BCUT2D eigenvalue weighted by molar-refractivity contribution is -0.121. The maximum absolute atomic E-state index is 12.0. The minimum Gasteiger partial charge on any atom is -0.495 e. The maximum atomic E-state index is 12.0. The third-order valence-corrected chi connectivity index (χ3v) is 4.11. The average molecular weight is 348 g/mol. The van der Waals surface area contributed by atoms with Crippen LogP contribution in [-0.4, -0.2) is 37.5 Å². The topological polar surface area (TPSA) is 123 Å². The van der Waals surface area contributed by atoms with Crippen molar-refractivity contribution in [3.05, 3.63) is 23.8 Å². The zero-order chi connectivity index (χ0) is 18.2. The molecule has 8 nitrogen and oxygen atoms in total. The van der Waals surface area contributed by atoms with E-state index in [-0.39, 0.29) is 24.1 Å². The van der Waals surface area contributed by atoms with Gasteiger partial charge in [-0.25, -0.2) is 4.79 Å². The minimum atomic E-state index is -0.613. The van der Waals surface area contributed by atoms with Gasteiger partial charge in [-0.05, 0) is 31.0 Å². The second-order valence-electron chi connectivity index (χ2n) is 5.99. The van der Waals surface area contributed by atoms with Crippen LogP contribution in [0.5, 0.6) is 5.75 Å². The van der Waals surface area contributed by atoms with Crippen molar-refractivity contribution in [2.45, 2.75) is 38.1 Å². The summed E-state index contributed by atoms with van der Waals surface area (Å²) in [5.41, 5.74) is 5.77. The van der Waals surface area contributed by atoms with E-state index in [2.05, 4.69) is 16.0 Å². The van der Waals surface area contributed by atoms with Gasteiger partial charge in [0.05, 0.1) is 19.3 Å². The van der Waals surface area contributed by atoms with Gasteiger partial charge in [0.25, 0.3) is 0 Å². The summed E-state index contributed by atoms with van der Waals surface area (Å²) < 4.78 is 5.13. The number of nitrogens with one attached hydrogen (secondary N) is 3. The molecule has 0 heterocycles. The number of hydrogen-bond donors (Lipinski definition) is 4. The highest BCUT2D eigenvalue weighted by Crippen LogP contribution is 2.25. The number of nitrogens with two attached hydrogens (primary N) is 1. The van der Waals surface area contributed by atoms with Gasteiger partial charge < -0.3 is 26.4 Å². The Kier molecular flexibility index (Phi) is 6.62. The fourth-order valence-electron chi connectivity index (χ4n) is 2.81. The molecule has 0 atom stereocenters. The number of benzene rings is 1. The Morgan fingerprint density at radius 1 is 1.20 bits per heavy atom. The summed E-state index contributed by atoms with van der Waals surface area (Å²) in [5, 5.41) is 7.96. The Morgan fingerprint density at radius 2 is 1.92 bits per heavy atom. The van der Waals surface area contributed by atoms with E-state index in [4.69, 9.17) is 10.5 Å². The van der Waals surface area contributed by atoms with E-state index >= 15 is 0 Å². The van der Waals surface area contributed by atoms with E-state index in [1.165, 1.54) is 31.7 Å². The predicted octanol–water partition coefficient (Wildman–Crippen LogP) is 1.36. The molecular formula is C17H24N4O4. The van der Waals surface area contributed by atoms with Crippen molar-refractivity contribution in [1.82, 2.24) is 10.6 Å². The van der Waals surface area contributed by atoms with Crippen LogP contribution in [0, 0.1) is 0 Å². The molecule has 0 aliphatic heterocycles. The molecule has 1 fully saturated rings. The van der Waals surface area contributed by atoms with Crippen LogP contribution < -0.4 is 26.4 Å². The van der Waals surface area contributed by atoms with E-state index < -0.39 is 11.9 Å². The summed E-state index contributed by atoms with van der Waals surface area (Å²) in [7, 11) is 1.44. The van der Waals surface area contributed by atoms with Crippen LogP contribution in [0.4, 0.5) is 10.5 Å². The molecule has 136 valence electrons. The fraction of sp³-hybridized carbons (Fsp3) is 0.471. The largest absolute Gasteiger partial charge is 0.495 e. The summed E-state index contributed by atoms with van der Waals surface area (Å²) in [4.78, 5) is 35.1. The summed E-state index contributed by atoms with van der Waals surface area (Å²) in [6.07, 6.45) is 5.41. The second-order valence-corrected chi connectivity index (χ2v) is 5.99. The molecule has 1 aliphatic rings. The van der Waals surface area contributed by atoms with Crippen LogP contribution in [0.2, 0.25) is 0 Å². The summed E-state index contributed by atoms with van der Waals surface area (Å²) in [6.45, 7) is -0.125. The summed E-state index contributed by atoms with van der Waals surface area (Å²) >= 11 is 0. The summed E-state index contributed by atoms with van der Waals surface area (Å²) in [5.74, 6) is -0.454. The van der Waals surface area contributed by atoms with E-state index in [0.29, 0.717) is 11.4 Å². The number of urea groups is 1. The molecule has 8 heteroatoms. The highest BCUT2D eigenvalue weighted by Gasteiger charge is 2.16. The first-order valence-corrected chi connectivity index (χ1v) is 8.31. The van der Waals surface area contributed by atoms with Gasteiger partial charge in [0.1, 0.15) is 5.75 Å². The lowest BCUT2D eigenvalue weighted by atomic mass is 9.95. The van der Waals surface area contributed by atoms with Crippen molar-refractivity contribution in [2.75, 3.05) is 19.0 Å². The number of methoxy groups -OCH3 is 1. The maximum Gasteiger partial charge on any atom is 0.319 e. The molecule has 1 aromatic rings. The number of primary amides is 1. The van der Waals surface area contributed by atoms with Crippen molar-refractivity contribution in [2.24, 2.45) is 5.73 Å². The normalized spacial score (nSPS) is 14.4. The lowest BCUT2D eigenvalue weighted by Gasteiger charge is -2.22. The SMILES string of the molecule is COc1ccc(C(N)=O)cc1NC(=O)NCC(=O)NC1CCCCC1. The Morgan fingerprint density at radius 3 is 2.56 bits per heavy atom. The molecule has 1 aromatic carbocycles. The molecule has 1 aliphatic carbocycles. The van der Waals surface area contributed by atoms with Crippen molar-refractivity contribution in [1.29, 1.82) is 0 Å². The van der Waals surface area contributed by atoms with Gasteiger partial charge in [-0.1, -0.05) is 19.3 Å². The number of rotatable bonds is 6. The van der Waals surface area contributed by atoms with Crippen LogP contribution in [0.15, 0.2) is 18.2 Å². The zero-order valence-corrected chi connectivity index (χ0v) is 14.3. The Balaban J connectivity index is 1.86. The molecule has 5 N–H and O–H groups in total. The van der Waals surface area contributed by atoms with E-state index in [0.717, 1.165) is 25.7 Å². The van der Waals surface area contributed by atoms with Crippen molar-refractivity contribution in [3.8, 4) is 5.75 Å². The first-order valence-electron chi connectivity index (χ1n) is 8.31. The van der Waals surface area contributed by atoms with Crippen LogP contribution in [0.3, 0.4) is 0 Å². The highest BCUT2D eigenvalue weighted by molar-refractivity contribution is 5.97. The number of carbonyl (C=O) groups excluding carboxylic acids is 3. The second kappa shape index (κ2) is 8.91. The number of amides is 4. The molecule has 25 heavy (non-hydrogen) atoms. The van der Waals surface area contributed by atoms with Crippen LogP contribution in [0.25, 0.3) is 0 Å². The molecule has 4 amide bonds. The smallest absolute Gasteiger partial charge is 0.319 e. The van der Waals surface area contributed by atoms with Crippen molar-refractivity contribution >= 4 is 23.5 Å². The number of anilines is 1. The Hall–Kier alpha value is -2.77. The molecule has 0 aromatic heterocycles. The first-order chi connectivity index (χ1) is 12.0. The van der Waals surface area contributed by atoms with Gasteiger partial charge >= 0.3 is 6.03 Å². The monoisotopic (exact) mass is 348 g/mol. The van der Waals surface area contributed by atoms with Crippen LogP contribution in [-0.2, 0) is 4.79 Å². The molecule has 0 unspecified atom stereocenters. The third kappa shape index (κ3) is 5.66. The van der Waals surface area contributed by atoms with Crippen molar-refractivity contribution < 1.29 is 19.1 Å². The molecule has 0 bridgehead atoms. The van der Waals surface area contributed by atoms with Gasteiger partial charge in [0.2, 0.25) is 11.8 Å². The average Bonchev–Trinajstić information content (AvgIpc) is 2.60. The van der Waals surface area contributed by atoms with Gasteiger partial charge in [0.15, 0.2) is 0 Å². The first kappa shape index (κ1) is 18.6. The van der Waals surface area contributed by atoms with E-state index in [9.17, 15) is 14.4 Å². The number of hydrogen-bond acceptors (Lipinski definition) is 4. The molecule has 0 radical (unpaired) electrons. The fourth-order valence-corrected chi connectivity index (χ4v) is 2.81. The molecule has 1 saturated carbocycles. The van der Waals surface area contributed by atoms with E-state index in [1.807, 2.05) is 0 Å². The number of ether oxygens (including phenoxy) is 1. The Bertz CT molecular complexity index is 642. The number of carbonyl (C=O) groups is 3. The Labute approximate surface area is 146 Å². The standard InChI is InChI=1S/C17H24N4O4/c1-25-14-8-7-11(16(18)23)9-13(14)21-17(24)19-10-15(22)20-12-5-3-2-4-6-12/h7-9,12H,2-6,10H2,1H3,(H2,18,23)(H,20,22)(H2,19,21,24). The van der Waals surface area contributed by atoms with Gasteiger partial charge in [-0.15, -0.1) is 0 Å². The quantitative estimate of drug-likeness (QED) is 0.620. The molecule has 0 spiro atoms. The minimum absolute atomic E-state index is 0.125. The van der Waals surface area contributed by atoms with Crippen LogP contribution in [0.1, 0.15) is 42.5 Å². The van der Waals surface area contributed by atoms with Gasteiger partial charge in [-0.3, -0.25) is 9.59 Å². The molecular weight excluding hydrogens is 324 g/mol. The predicted molar refractivity (Wildman–Crippen MR) is 93.5 cm³/mol. The van der Waals surface area contributed by atoms with Gasteiger partial charge in [-0.2, -0.15) is 0 Å². The third-order valence-electron chi connectivity index (χ3n) is 4.11. The highest BCUT2D eigenvalue weighted by atomic mass is 16.5. The van der Waals surface area contributed by atoms with Gasteiger partial charge in [0, 0.05) is 11.6 Å². The van der Waals surface area contributed by atoms with E-state index in [1.54, 1.807) is 0 Å². The molecule has 0 saturated heterocycles. The lowest BCUT2D eigenvalue weighted by Crippen LogP contribution is -2.43.